The molecule has 1 atom stereocenters. The van der Waals surface area contributed by atoms with Crippen LogP contribution in [-0.4, -0.2) is 70.1 Å². The first-order valence-electron chi connectivity index (χ1n) is 7.99. The van der Waals surface area contributed by atoms with E-state index in [4.69, 9.17) is 0 Å². The smallest absolute Gasteiger partial charge is 0.191 e. The minimum Gasteiger partial charge on any atom is -0.356 e. The predicted octanol–water partition coefficient (Wildman–Crippen LogP) is 0.215. The second-order valence-electron chi connectivity index (χ2n) is 6.00. The van der Waals surface area contributed by atoms with Gasteiger partial charge in [0.15, 0.2) is 15.8 Å². The number of nitrogens with one attached hydrogen (secondary N) is 2. The number of unbranched alkanes of at least 4 members (excludes halogenated alkanes) is 1. The average molecular weight is 316 g/mol. The van der Waals surface area contributed by atoms with Crippen LogP contribution in [0.25, 0.3) is 0 Å². The highest BCUT2D eigenvalue weighted by Crippen LogP contribution is 2.11. The summed E-state index contributed by atoms with van der Waals surface area (Å²) in [4.78, 5) is 6.69. The second kappa shape index (κ2) is 7.98. The lowest BCUT2D eigenvalue weighted by Gasteiger charge is -2.17. The predicted molar refractivity (Wildman–Crippen MR) is 86.5 cm³/mol. The zero-order valence-corrected chi connectivity index (χ0v) is 13.8. The van der Waals surface area contributed by atoms with Crippen LogP contribution in [0.5, 0.6) is 0 Å². The quantitative estimate of drug-likeness (QED) is 0.416. The summed E-state index contributed by atoms with van der Waals surface area (Å²) in [7, 11) is -1.11. The van der Waals surface area contributed by atoms with Crippen molar-refractivity contribution in [2.45, 2.75) is 38.1 Å². The van der Waals surface area contributed by atoms with Crippen LogP contribution in [0.4, 0.5) is 0 Å². The summed E-state index contributed by atoms with van der Waals surface area (Å²) >= 11 is 0. The standard InChI is InChI=1S/C14H28N4O2S/c1-15-14(17-13-6-11-21(19,20)12-13)16-7-2-3-8-18-9-4-5-10-18/h13H,2-12H2,1H3,(H2,15,16,17). The van der Waals surface area contributed by atoms with E-state index in [0.717, 1.165) is 18.9 Å². The molecule has 2 heterocycles. The first-order valence-corrected chi connectivity index (χ1v) is 9.81. The zero-order chi connectivity index (χ0) is 15.1. The molecule has 0 radical (unpaired) electrons. The maximum absolute atomic E-state index is 11.4. The normalized spacial score (nSPS) is 26.1. The molecule has 6 nitrogen and oxygen atoms in total. The zero-order valence-electron chi connectivity index (χ0n) is 13.0. The van der Waals surface area contributed by atoms with Crippen molar-refractivity contribution in [3.63, 3.8) is 0 Å². The number of guanidine groups is 1. The van der Waals surface area contributed by atoms with Crippen LogP contribution in [-0.2, 0) is 9.84 Å². The molecule has 0 bridgehead atoms. The molecule has 2 rings (SSSR count). The Kier molecular flexibility index (Phi) is 6.29. The molecule has 2 aliphatic rings. The molecule has 2 aliphatic heterocycles. The van der Waals surface area contributed by atoms with Crippen LogP contribution < -0.4 is 10.6 Å². The minimum atomic E-state index is -2.84. The molecule has 0 spiro atoms. The number of sulfone groups is 1. The Balaban J connectivity index is 1.57. The number of hydrogen-bond acceptors (Lipinski definition) is 4. The maximum atomic E-state index is 11.4. The number of aliphatic imine (C=N–C) groups is 1. The van der Waals surface area contributed by atoms with Crippen LogP contribution in [0.3, 0.4) is 0 Å². The molecule has 0 aliphatic carbocycles. The number of likely N-dealkylation sites (tertiary alicyclic amines) is 1. The van der Waals surface area contributed by atoms with Gasteiger partial charge in [-0.05, 0) is 51.7 Å². The molecule has 7 heteroatoms. The Hall–Kier alpha value is -0.820. The minimum absolute atomic E-state index is 0.00537. The highest BCUT2D eigenvalue weighted by molar-refractivity contribution is 7.91. The van der Waals surface area contributed by atoms with Crippen molar-refractivity contribution in [3.8, 4) is 0 Å². The number of nitrogens with zero attached hydrogens (tertiary/aromatic N) is 2. The van der Waals surface area contributed by atoms with Crippen LogP contribution in [0, 0.1) is 0 Å². The third-order valence-corrected chi connectivity index (χ3v) is 5.96. The first-order chi connectivity index (χ1) is 10.1. The summed E-state index contributed by atoms with van der Waals surface area (Å²) in [6.07, 6.45) is 5.68. The molecular formula is C14H28N4O2S. The lowest BCUT2D eigenvalue weighted by molar-refractivity contribution is 0.330. The average Bonchev–Trinajstić information content (AvgIpc) is 3.06. The van der Waals surface area contributed by atoms with Gasteiger partial charge < -0.3 is 15.5 Å². The fourth-order valence-electron chi connectivity index (χ4n) is 2.97. The van der Waals surface area contributed by atoms with Crippen LogP contribution in [0.1, 0.15) is 32.1 Å². The lowest BCUT2D eigenvalue weighted by atomic mass is 10.2. The molecule has 21 heavy (non-hydrogen) atoms. The van der Waals surface area contributed by atoms with E-state index in [1.165, 1.54) is 38.9 Å². The van der Waals surface area contributed by atoms with Crippen molar-refractivity contribution in [1.29, 1.82) is 0 Å². The van der Waals surface area contributed by atoms with Gasteiger partial charge in [-0.1, -0.05) is 0 Å². The van der Waals surface area contributed by atoms with Crippen molar-refractivity contribution < 1.29 is 8.42 Å². The summed E-state index contributed by atoms with van der Waals surface area (Å²) in [5.41, 5.74) is 0. The molecule has 122 valence electrons. The van der Waals surface area contributed by atoms with E-state index in [1.807, 2.05) is 0 Å². The highest BCUT2D eigenvalue weighted by atomic mass is 32.2. The molecule has 0 saturated carbocycles. The van der Waals surface area contributed by atoms with Crippen LogP contribution >= 0.6 is 0 Å². The van der Waals surface area contributed by atoms with Crippen molar-refractivity contribution in [3.05, 3.63) is 0 Å². The third-order valence-electron chi connectivity index (χ3n) is 4.19. The summed E-state index contributed by atoms with van der Waals surface area (Å²) in [6, 6.07) is 0.00537. The van der Waals surface area contributed by atoms with E-state index in [2.05, 4.69) is 20.5 Å². The van der Waals surface area contributed by atoms with Gasteiger partial charge in [0.1, 0.15) is 0 Å². The van der Waals surface area contributed by atoms with Gasteiger partial charge in [-0.2, -0.15) is 0 Å². The summed E-state index contributed by atoms with van der Waals surface area (Å²) < 4.78 is 22.9. The molecular weight excluding hydrogens is 288 g/mol. The molecule has 2 saturated heterocycles. The largest absolute Gasteiger partial charge is 0.356 e. The first kappa shape index (κ1) is 16.5. The van der Waals surface area contributed by atoms with E-state index in [0.29, 0.717) is 6.42 Å². The summed E-state index contributed by atoms with van der Waals surface area (Å²) in [5.74, 6) is 1.23. The van der Waals surface area contributed by atoms with Gasteiger partial charge in [0.05, 0.1) is 11.5 Å². The summed E-state index contributed by atoms with van der Waals surface area (Å²) in [6.45, 7) is 4.58. The fourth-order valence-corrected chi connectivity index (χ4v) is 4.64. The maximum Gasteiger partial charge on any atom is 0.191 e. The second-order valence-corrected chi connectivity index (χ2v) is 8.23. The number of hydrogen-bond donors (Lipinski definition) is 2. The lowest BCUT2D eigenvalue weighted by Crippen LogP contribution is -2.44. The van der Waals surface area contributed by atoms with Crippen molar-refractivity contribution >= 4 is 15.8 Å². The Morgan fingerprint density at radius 1 is 1.29 bits per heavy atom. The van der Waals surface area contributed by atoms with Crippen molar-refractivity contribution in [1.82, 2.24) is 15.5 Å². The van der Waals surface area contributed by atoms with E-state index in [9.17, 15) is 8.42 Å². The van der Waals surface area contributed by atoms with Gasteiger partial charge >= 0.3 is 0 Å². The molecule has 0 aromatic carbocycles. The third kappa shape index (κ3) is 5.82. The molecule has 0 amide bonds. The summed E-state index contributed by atoms with van der Waals surface area (Å²) in [5, 5.41) is 6.48. The van der Waals surface area contributed by atoms with E-state index in [1.54, 1.807) is 7.05 Å². The van der Waals surface area contributed by atoms with Crippen LogP contribution in [0.15, 0.2) is 4.99 Å². The monoisotopic (exact) mass is 316 g/mol. The SMILES string of the molecule is CN=C(NCCCCN1CCCC1)NC1CCS(=O)(=O)C1. The van der Waals surface area contributed by atoms with Gasteiger partial charge in [0, 0.05) is 19.6 Å². The Bertz CT molecular complexity index is 444. The Morgan fingerprint density at radius 3 is 2.67 bits per heavy atom. The topological polar surface area (TPSA) is 73.8 Å². The number of rotatable bonds is 6. The molecule has 0 aromatic heterocycles. The van der Waals surface area contributed by atoms with Crippen LogP contribution in [0.2, 0.25) is 0 Å². The van der Waals surface area contributed by atoms with Crippen molar-refractivity contribution in [2.24, 2.45) is 4.99 Å². The molecule has 0 aromatic rings. The molecule has 1 unspecified atom stereocenters. The Labute approximate surface area is 128 Å². The van der Waals surface area contributed by atoms with Gasteiger partial charge in [-0.15, -0.1) is 0 Å². The van der Waals surface area contributed by atoms with Gasteiger partial charge in [-0.25, -0.2) is 8.42 Å². The Morgan fingerprint density at radius 2 is 2.05 bits per heavy atom. The van der Waals surface area contributed by atoms with E-state index < -0.39 is 9.84 Å². The van der Waals surface area contributed by atoms with Gasteiger partial charge in [0.2, 0.25) is 0 Å². The van der Waals surface area contributed by atoms with Gasteiger partial charge in [0.25, 0.3) is 0 Å². The van der Waals surface area contributed by atoms with Crippen molar-refractivity contribution in [2.75, 3.05) is 44.7 Å². The van der Waals surface area contributed by atoms with E-state index >= 15 is 0 Å². The van der Waals surface area contributed by atoms with Gasteiger partial charge in [-0.3, -0.25) is 4.99 Å². The van der Waals surface area contributed by atoms with E-state index in [-0.39, 0.29) is 17.5 Å². The molecule has 2 fully saturated rings. The molecule has 2 N–H and O–H groups in total. The highest BCUT2D eigenvalue weighted by Gasteiger charge is 2.28. The fraction of sp³-hybridized carbons (Fsp3) is 0.929.